The predicted molar refractivity (Wildman–Crippen MR) is 73.4 cm³/mol. The monoisotopic (exact) mass is 277 g/mol. The van der Waals surface area contributed by atoms with Crippen molar-refractivity contribution in [2.75, 3.05) is 26.1 Å². The standard InChI is InChI=1S/C14H16FN3O2/c1-19-14-10(3-2-4-12(14)16)9-5-17-18(6-9)13-8-20-7-11(13)15/h2-6,11,13H,7-8,16H2,1H3/t11-,13-/m0/s1. The molecule has 1 aromatic carbocycles. The van der Waals surface area contributed by atoms with Crippen LogP contribution in [0.25, 0.3) is 11.1 Å². The third-order valence-electron chi connectivity index (χ3n) is 3.49. The highest BCUT2D eigenvalue weighted by Crippen LogP contribution is 2.35. The highest BCUT2D eigenvalue weighted by Gasteiger charge is 2.30. The van der Waals surface area contributed by atoms with Crippen LogP contribution in [0.4, 0.5) is 10.1 Å². The Morgan fingerprint density at radius 2 is 2.30 bits per heavy atom. The Hall–Kier alpha value is -2.08. The summed E-state index contributed by atoms with van der Waals surface area (Å²) in [5, 5.41) is 4.23. The van der Waals surface area contributed by atoms with Crippen LogP contribution in [0, 0.1) is 0 Å². The van der Waals surface area contributed by atoms with Gasteiger partial charge in [-0.05, 0) is 6.07 Å². The average Bonchev–Trinajstić information content (AvgIpc) is 3.06. The van der Waals surface area contributed by atoms with Crippen molar-refractivity contribution in [3.63, 3.8) is 0 Å². The summed E-state index contributed by atoms with van der Waals surface area (Å²) in [6.45, 7) is 0.470. The molecule has 2 atom stereocenters. The maximum atomic E-state index is 13.7. The molecule has 1 saturated heterocycles. The molecule has 1 aliphatic rings. The van der Waals surface area contributed by atoms with Gasteiger partial charge in [0.15, 0.2) is 0 Å². The van der Waals surface area contributed by atoms with Crippen LogP contribution in [-0.2, 0) is 4.74 Å². The first-order valence-corrected chi connectivity index (χ1v) is 6.39. The average molecular weight is 277 g/mol. The number of anilines is 1. The Morgan fingerprint density at radius 3 is 3.00 bits per heavy atom. The van der Waals surface area contributed by atoms with E-state index in [4.69, 9.17) is 15.2 Å². The topological polar surface area (TPSA) is 62.3 Å². The summed E-state index contributed by atoms with van der Waals surface area (Å²) in [6.07, 6.45) is 2.46. The van der Waals surface area contributed by atoms with E-state index in [0.717, 1.165) is 11.1 Å². The predicted octanol–water partition coefficient (Wildman–Crippen LogP) is 2.05. The van der Waals surface area contributed by atoms with Gasteiger partial charge >= 0.3 is 0 Å². The van der Waals surface area contributed by atoms with Crippen LogP contribution in [0.15, 0.2) is 30.6 Å². The zero-order valence-electron chi connectivity index (χ0n) is 11.1. The Labute approximate surface area is 116 Å². The van der Waals surface area contributed by atoms with E-state index >= 15 is 0 Å². The van der Waals surface area contributed by atoms with Crippen LogP contribution < -0.4 is 10.5 Å². The summed E-state index contributed by atoms with van der Waals surface area (Å²) in [5.74, 6) is 0.603. The van der Waals surface area contributed by atoms with Crippen LogP contribution in [0.3, 0.4) is 0 Å². The molecule has 0 amide bonds. The molecule has 5 nitrogen and oxygen atoms in total. The number of ether oxygens (including phenoxy) is 2. The van der Waals surface area contributed by atoms with E-state index in [0.29, 0.717) is 18.0 Å². The van der Waals surface area contributed by atoms with Gasteiger partial charge in [0.2, 0.25) is 0 Å². The molecule has 0 spiro atoms. The zero-order chi connectivity index (χ0) is 14.1. The molecule has 2 N–H and O–H groups in total. The zero-order valence-corrected chi connectivity index (χ0v) is 11.1. The summed E-state index contributed by atoms with van der Waals surface area (Å²) in [7, 11) is 1.57. The maximum Gasteiger partial charge on any atom is 0.149 e. The molecule has 3 rings (SSSR count). The highest BCUT2D eigenvalue weighted by atomic mass is 19.1. The van der Waals surface area contributed by atoms with Gasteiger partial charge in [-0.2, -0.15) is 5.10 Å². The molecule has 0 unspecified atom stereocenters. The van der Waals surface area contributed by atoms with Gasteiger partial charge in [0.25, 0.3) is 0 Å². The van der Waals surface area contributed by atoms with Crippen molar-refractivity contribution in [1.82, 2.24) is 9.78 Å². The maximum absolute atomic E-state index is 13.7. The minimum absolute atomic E-state index is 0.126. The van der Waals surface area contributed by atoms with E-state index in [1.807, 2.05) is 12.1 Å². The number of nitrogens with zero attached hydrogens (tertiary/aromatic N) is 2. The van der Waals surface area contributed by atoms with Gasteiger partial charge in [-0.1, -0.05) is 12.1 Å². The van der Waals surface area contributed by atoms with Crippen LogP contribution in [-0.4, -0.2) is 36.3 Å². The van der Waals surface area contributed by atoms with Crippen molar-refractivity contribution in [1.29, 1.82) is 0 Å². The van der Waals surface area contributed by atoms with Crippen molar-refractivity contribution in [2.45, 2.75) is 12.2 Å². The van der Waals surface area contributed by atoms with Gasteiger partial charge in [0.05, 0.1) is 32.2 Å². The van der Waals surface area contributed by atoms with Crippen LogP contribution in [0.5, 0.6) is 5.75 Å². The summed E-state index contributed by atoms with van der Waals surface area (Å²) >= 11 is 0. The number of aromatic nitrogens is 2. The minimum Gasteiger partial charge on any atom is -0.494 e. The molecule has 1 fully saturated rings. The second-order valence-electron chi connectivity index (χ2n) is 4.76. The van der Waals surface area contributed by atoms with Crippen molar-refractivity contribution in [3.05, 3.63) is 30.6 Å². The van der Waals surface area contributed by atoms with Gasteiger partial charge in [-0.15, -0.1) is 0 Å². The number of hydrogen-bond acceptors (Lipinski definition) is 4. The molecule has 1 aliphatic heterocycles. The first-order chi connectivity index (χ1) is 9.70. The lowest BCUT2D eigenvalue weighted by atomic mass is 10.1. The summed E-state index contributed by atoms with van der Waals surface area (Å²) in [6, 6.07) is 5.15. The Bertz CT molecular complexity index is 614. The fourth-order valence-corrected chi connectivity index (χ4v) is 2.43. The van der Waals surface area contributed by atoms with Crippen LogP contribution >= 0.6 is 0 Å². The van der Waals surface area contributed by atoms with E-state index < -0.39 is 6.17 Å². The minimum atomic E-state index is -1.02. The first-order valence-electron chi connectivity index (χ1n) is 6.39. The molecule has 20 heavy (non-hydrogen) atoms. The molecular weight excluding hydrogens is 261 g/mol. The number of halogens is 1. The Morgan fingerprint density at radius 1 is 1.45 bits per heavy atom. The molecule has 0 aliphatic carbocycles. The van der Waals surface area contributed by atoms with Crippen molar-refractivity contribution in [2.24, 2.45) is 0 Å². The molecule has 0 bridgehead atoms. The number of para-hydroxylation sites is 1. The summed E-state index contributed by atoms with van der Waals surface area (Å²) in [5.41, 5.74) is 8.13. The number of nitrogens with two attached hydrogens (primary N) is 1. The summed E-state index contributed by atoms with van der Waals surface area (Å²) in [4.78, 5) is 0. The first kappa shape index (κ1) is 12.9. The molecule has 0 radical (unpaired) electrons. The highest BCUT2D eigenvalue weighted by molar-refractivity contribution is 5.76. The number of alkyl halides is 1. The van der Waals surface area contributed by atoms with E-state index in [9.17, 15) is 4.39 Å². The Kier molecular flexibility index (Phi) is 3.31. The lowest BCUT2D eigenvalue weighted by Crippen LogP contribution is -2.18. The van der Waals surface area contributed by atoms with Crippen LogP contribution in [0.2, 0.25) is 0 Å². The smallest absolute Gasteiger partial charge is 0.149 e. The lowest BCUT2D eigenvalue weighted by molar-refractivity contribution is 0.172. The van der Waals surface area contributed by atoms with Crippen molar-refractivity contribution in [3.8, 4) is 16.9 Å². The van der Waals surface area contributed by atoms with E-state index in [1.165, 1.54) is 0 Å². The quantitative estimate of drug-likeness (QED) is 0.872. The molecule has 106 valence electrons. The van der Waals surface area contributed by atoms with Gasteiger partial charge < -0.3 is 15.2 Å². The third-order valence-corrected chi connectivity index (χ3v) is 3.49. The fraction of sp³-hybridized carbons (Fsp3) is 0.357. The number of hydrogen-bond donors (Lipinski definition) is 1. The van der Waals surface area contributed by atoms with Gasteiger partial charge in [-0.25, -0.2) is 4.39 Å². The van der Waals surface area contributed by atoms with Crippen LogP contribution in [0.1, 0.15) is 6.04 Å². The normalized spacial score (nSPS) is 22.1. The lowest BCUT2D eigenvalue weighted by Gasteiger charge is -2.11. The van der Waals surface area contributed by atoms with Gasteiger partial charge in [0.1, 0.15) is 18.0 Å². The molecular formula is C14H16FN3O2. The van der Waals surface area contributed by atoms with Crippen molar-refractivity contribution >= 4 is 5.69 Å². The van der Waals surface area contributed by atoms with Crippen molar-refractivity contribution < 1.29 is 13.9 Å². The largest absolute Gasteiger partial charge is 0.494 e. The molecule has 2 aromatic rings. The molecule has 2 heterocycles. The number of benzene rings is 1. The van der Waals surface area contributed by atoms with E-state index in [1.54, 1.807) is 30.3 Å². The summed E-state index contributed by atoms with van der Waals surface area (Å²) < 4.78 is 25.7. The number of methoxy groups -OCH3 is 1. The number of rotatable bonds is 3. The molecule has 0 saturated carbocycles. The third kappa shape index (κ3) is 2.12. The van der Waals surface area contributed by atoms with E-state index in [-0.39, 0.29) is 12.6 Å². The molecule has 6 heteroatoms. The second kappa shape index (κ2) is 5.13. The fourth-order valence-electron chi connectivity index (χ4n) is 2.43. The molecule has 1 aromatic heterocycles. The Balaban J connectivity index is 1.96. The second-order valence-corrected chi connectivity index (χ2v) is 4.76. The van der Waals surface area contributed by atoms with E-state index in [2.05, 4.69) is 5.10 Å². The van der Waals surface area contributed by atoms with Gasteiger partial charge in [0, 0.05) is 17.3 Å². The SMILES string of the molecule is COc1c(N)cccc1-c1cnn([C@H]2COC[C@@H]2F)c1. The van der Waals surface area contributed by atoms with Gasteiger partial charge in [-0.3, -0.25) is 4.68 Å². The number of nitrogen functional groups attached to an aromatic ring is 1.